The van der Waals surface area contributed by atoms with Gasteiger partial charge in [-0.2, -0.15) is 0 Å². The smallest absolute Gasteiger partial charge is 0.253 e. The first kappa shape index (κ1) is 15.3. The number of benzene rings is 1. The Kier molecular flexibility index (Phi) is 5.38. The Morgan fingerprint density at radius 2 is 2.35 bits per heavy atom. The van der Waals surface area contributed by atoms with Crippen molar-refractivity contribution in [1.82, 2.24) is 10.2 Å². The minimum Gasteiger partial charge on any atom is -0.339 e. The highest BCUT2D eigenvalue weighted by molar-refractivity contribution is 6.30. The van der Waals surface area contributed by atoms with Crippen molar-refractivity contribution in [2.24, 2.45) is 5.92 Å². The van der Waals surface area contributed by atoms with Crippen LogP contribution in [0.4, 0.5) is 4.39 Å². The number of hydrogen-bond donors (Lipinski definition) is 1. The lowest BCUT2D eigenvalue weighted by molar-refractivity contribution is 0.0728. The van der Waals surface area contributed by atoms with Crippen LogP contribution in [0, 0.1) is 11.7 Å². The number of nitrogens with one attached hydrogen (secondary N) is 1. The van der Waals surface area contributed by atoms with Gasteiger partial charge in [-0.1, -0.05) is 11.6 Å². The van der Waals surface area contributed by atoms with Crippen LogP contribution >= 0.6 is 11.6 Å². The number of halogens is 2. The van der Waals surface area contributed by atoms with Gasteiger partial charge in [0.2, 0.25) is 0 Å². The van der Waals surface area contributed by atoms with Crippen LogP contribution in [-0.4, -0.2) is 37.0 Å². The second kappa shape index (κ2) is 7.04. The maximum atomic E-state index is 13.5. The van der Waals surface area contributed by atoms with Crippen LogP contribution in [0.25, 0.3) is 0 Å². The Bertz CT molecular complexity index is 475. The van der Waals surface area contributed by atoms with Crippen LogP contribution in [0.2, 0.25) is 5.02 Å². The van der Waals surface area contributed by atoms with E-state index < -0.39 is 5.82 Å². The van der Waals surface area contributed by atoms with Crippen molar-refractivity contribution >= 4 is 17.5 Å². The van der Waals surface area contributed by atoms with Gasteiger partial charge < -0.3 is 10.2 Å². The SMILES string of the molecule is CCN(CC1CCCNC1)C(=O)c1ccc(Cl)c(F)c1. The average molecular weight is 299 g/mol. The van der Waals surface area contributed by atoms with Crippen LogP contribution in [0.15, 0.2) is 18.2 Å². The van der Waals surface area contributed by atoms with E-state index in [1.807, 2.05) is 6.92 Å². The zero-order valence-electron chi connectivity index (χ0n) is 11.7. The van der Waals surface area contributed by atoms with E-state index in [1.54, 1.807) is 11.0 Å². The predicted molar refractivity (Wildman–Crippen MR) is 78.6 cm³/mol. The van der Waals surface area contributed by atoms with Crippen molar-refractivity contribution < 1.29 is 9.18 Å². The van der Waals surface area contributed by atoms with Gasteiger partial charge in [-0.3, -0.25) is 4.79 Å². The topological polar surface area (TPSA) is 32.3 Å². The Morgan fingerprint density at radius 3 is 2.95 bits per heavy atom. The lowest BCUT2D eigenvalue weighted by Gasteiger charge is -2.29. The highest BCUT2D eigenvalue weighted by atomic mass is 35.5. The molecule has 2 rings (SSSR count). The molecule has 0 saturated carbocycles. The Hall–Kier alpha value is -1.13. The van der Waals surface area contributed by atoms with Gasteiger partial charge in [0.15, 0.2) is 0 Å². The van der Waals surface area contributed by atoms with Gasteiger partial charge in [0.25, 0.3) is 5.91 Å². The number of nitrogens with zero attached hydrogens (tertiary/aromatic N) is 1. The summed E-state index contributed by atoms with van der Waals surface area (Å²) in [6.45, 7) is 5.28. The van der Waals surface area contributed by atoms with Crippen molar-refractivity contribution in [3.8, 4) is 0 Å². The summed E-state index contributed by atoms with van der Waals surface area (Å²) in [6.07, 6.45) is 2.28. The summed E-state index contributed by atoms with van der Waals surface area (Å²) < 4.78 is 13.5. The molecule has 1 unspecified atom stereocenters. The molecule has 0 spiro atoms. The van der Waals surface area contributed by atoms with E-state index in [1.165, 1.54) is 12.1 Å². The fourth-order valence-electron chi connectivity index (χ4n) is 2.56. The molecule has 1 amide bonds. The molecule has 0 radical (unpaired) electrons. The average Bonchev–Trinajstić information content (AvgIpc) is 2.48. The zero-order valence-corrected chi connectivity index (χ0v) is 12.4. The van der Waals surface area contributed by atoms with E-state index in [9.17, 15) is 9.18 Å². The molecule has 1 atom stereocenters. The van der Waals surface area contributed by atoms with Gasteiger partial charge in [-0.25, -0.2) is 4.39 Å². The van der Waals surface area contributed by atoms with Gasteiger partial charge in [-0.15, -0.1) is 0 Å². The van der Waals surface area contributed by atoms with Crippen LogP contribution in [0.3, 0.4) is 0 Å². The van der Waals surface area contributed by atoms with Gasteiger partial charge in [0, 0.05) is 18.7 Å². The molecule has 20 heavy (non-hydrogen) atoms. The third kappa shape index (κ3) is 3.70. The highest BCUT2D eigenvalue weighted by Crippen LogP contribution is 2.18. The number of hydrogen-bond acceptors (Lipinski definition) is 2. The first-order chi connectivity index (χ1) is 9.61. The quantitative estimate of drug-likeness (QED) is 0.927. The van der Waals surface area contributed by atoms with E-state index in [-0.39, 0.29) is 10.9 Å². The van der Waals surface area contributed by atoms with E-state index >= 15 is 0 Å². The maximum absolute atomic E-state index is 13.5. The molecule has 5 heteroatoms. The molecule has 0 bridgehead atoms. The molecular formula is C15H20ClFN2O. The highest BCUT2D eigenvalue weighted by Gasteiger charge is 2.21. The largest absolute Gasteiger partial charge is 0.339 e. The second-order valence-electron chi connectivity index (χ2n) is 5.19. The molecule has 1 aliphatic heterocycles. The predicted octanol–water partition coefficient (Wildman–Crippen LogP) is 2.94. The number of piperidine rings is 1. The van der Waals surface area contributed by atoms with Gasteiger partial charge in [0.1, 0.15) is 5.82 Å². The van der Waals surface area contributed by atoms with E-state index in [0.29, 0.717) is 24.6 Å². The van der Waals surface area contributed by atoms with Gasteiger partial charge in [-0.05, 0) is 57.0 Å². The summed E-state index contributed by atoms with van der Waals surface area (Å²) in [4.78, 5) is 14.2. The maximum Gasteiger partial charge on any atom is 0.253 e. The summed E-state index contributed by atoms with van der Waals surface area (Å²) in [5.74, 6) is -0.202. The lowest BCUT2D eigenvalue weighted by Crippen LogP contribution is -2.41. The number of carbonyl (C=O) groups excluding carboxylic acids is 1. The lowest BCUT2D eigenvalue weighted by atomic mass is 9.98. The minimum absolute atomic E-state index is 0.0427. The van der Waals surface area contributed by atoms with Crippen molar-refractivity contribution in [2.45, 2.75) is 19.8 Å². The zero-order chi connectivity index (χ0) is 14.5. The number of amides is 1. The summed E-state index contributed by atoms with van der Waals surface area (Å²) in [5, 5.41) is 3.39. The summed E-state index contributed by atoms with van der Waals surface area (Å²) in [5.41, 5.74) is 0.359. The molecule has 0 aromatic heterocycles. The van der Waals surface area contributed by atoms with Gasteiger partial charge >= 0.3 is 0 Å². The molecule has 1 aliphatic rings. The Morgan fingerprint density at radius 1 is 1.55 bits per heavy atom. The Labute approximate surface area is 124 Å². The monoisotopic (exact) mass is 298 g/mol. The molecule has 1 saturated heterocycles. The van der Waals surface area contributed by atoms with Crippen molar-refractivity contribution in [3.63, 3.8) is 0 Å². The van der Waals surface area contributed by atoms with Crippen molar-refractivity contribution in [3.05, 3.63) is 34.6 Å². The van der Waals surface area contributed by atoms with Crippen LogP contribution < -0.4 is 5.32 Å². The molecule has 1 fully saturated rings. The summed E-state index contributed by atoms with van der Waals surface area (Å²) in [6, 6.07) is 4.22. The summed E-state index contributed by atoms with van der Waals surface area (Å²) in [7, 11) is 0. The van der Waals surface area contributed by atoms with Crippen LogP contribution in [0.1, 0.15) is 30.1 Å². The molecule has 1 aromatic carbocycles. The normalized spacial score (nSPS) is 18.9. The third-order valence-electron chi connectivity index (χ3n) is 3.71. The second-order valence-corrected chi connectivity index (χ2v) is 5.59. The molecule has 0 aliphatic carbocycles. The first-order valence-electron chi connectivity index (χ1n) is 7.07. The Balaban J connectivity index is 2.05. The third-order valence-corrected chi connectivity index (χ3v) is 4.02. The first-order valence-corrected chi connectivity index (χ1v) is 7.44. The van der Waals surface area contributed by atoms with Crippen molar-refractivity contribution in [2.75, 3.05) is 26.2 Å². The van der Waals surface area contributed by atoms with Crippen LogP contribution in [0.5, 0.6) is 0 Å². The molecular weight excluding hydrogens is 279 g/mol. The summed E-state index contributed by atoms with van der Waals surface area (Å²) >= 11 is 5.65. The van der Waals surface area contributed by atoms with E-state index in [4.69, 9.17) is 11.6 Å². The fraction of sp³-hybridized carbons (Fsp3) is 0.533. The molecule has 1 aromatic rings. The van der Waals surface area contributed by atoms with Crippen molar-refractivity contribution in [1.29, 1.82) is 0 Å². The van der Waals surface area contributed by atoms with E-state index in [2.05, 4.69) is 5.32 Å². The standard InChI is InChI=1S/C15H20ClFN2O/c1-2-19(10-11-4-3-7-18-9-11)15(20)12-5-6-13(16)14(17)8-12/h5-6,8,11,18H,2-4,7,9-10H2,1H3. The molecule has 3 nitrogen and oxygen atoms in total. The number of carbonyl (C=O) groups is 1. The number of rotatable bonds is 4. The van der Waals surface area contributed by atoms with Gasteiger partial charge in [0.05, 0.1) is 5.02 Å². The molecule has 1 N–H and O–H groups in total. The minimum atomic E-state index is -0.548. The molecule has 1 heterocycles. The van der Waals surface area contributed by atoms with E-state index in [0.717, 1.165) is 25.9 Å². The molecule has 110 valence electrons. The van der Waals surface area contributed by atoms with Crippen LogP contribution in [-0.2, 0) is 0 Å². The fourth-order valence-corrected chi connectivity index (χ4v) is 2.68.